The van der Waals surface area contributed by atoms with E-state index in [2.05, 4.69) is 84.2 Å². The van der Waals surface area contributed by atoms with Crippen molar-refractivity contribution in [1.29, 1.82) is 5.26 Å². The van der Waals surface area contributed by atoms with Crippen LogP contribution in [0.3, 0.4) is 0 Å². The van der Waals surface area contributed by atoms with Crippen LogP contribution in [0.25, 0.3) is 0 Å². The van der Waals surface area contributed by atoms with E-state index in [1.54, 1.807) is 36.4 Å². The van der Waals surface area contributed by atoms with E-state index in [1.165, 1.54) is 0 Å². The molecular weight excluding hydrogens is 612 g/mol. The quantitative estimate of drug-likeness (QED) is 0.123. The van der Waals surface area contributed by atoms with Gasteiger partial charge in [0.05, 0.1) is 30.4 Å². The van der Waals surface area contributed by atoms with Crippen LogP contribution in [0, 0.1) is 11.3 Å². The topological polar surface area (TPSA) is 101 Å². The van der Waals surface area contributed by atoms with E-state index < -0.39 is 17.6 Å². The lowest BCUT2D eigenvalue weighted by Gasteiger charge is -2.41. The van der Waals surface area contributed by atoms with Crippen LogP contribution >= 0.6 is 0 Å². The van der Waals surface area contributed by atoms with Crippen LogP contribution in [0.4, 0.5) is 5.69 Å². The van der Waals surface area contributed by atoms with Gasteiger partial charge in [-0.25, -0.2) is 4.79 Å². The molecule has 6 rings (SSSR count). The maximum absolute atomic E-state index is 12.4. The molecule has 7 heteroatoms. The third kappa shape index (κ3) is 7.77. The lowest BCUT2D eigenvalue weighted by molar-refractivity contribution is -0.138. The Hall–Kier alpha value is -5.58. The highest BCUT2D eigenvalue weighted by atomic mass is 16.5. The first-order valence-electron chi connectivity index (χ1n) is 16.8. The van der Waals surface area contributed by atoms with Crippen molar-refractivity contribution in [3.8, 4) is 17.6 Å². The molecule has 1 atom stereocenters. The zero-order valence-electron chi connectivity index (χ0n) is 27.5. The van der Waals surface area contributed by atoms with E-state index in [9.17, 15) is 9.90 Å². The fourth-order valence-corrected chi connectivity index (χ4v) is 6.61. The normalized spacial score (nSPS) is 16.6. The average Bonchev–Trinajstić information content (AvgIpc) is 3.15. The number of hydrogen-bond donors (Lipinski definition) is 2. The molecule has 248 valence electrons. The first-order valence-corrected chi connectivity index (χ1v) is 16.8. The number of rotatable bonds is 13. The van der Waals surface area contributed by atoms with Gasteiger partial charge < -0.3 is 24.6 Å². The first kappa shape index (κ1) is 33.3. The zero-order chi connectivity index (χ0) is 34.1. The van der Waals surface area contributed by atoms with E-state index >= 15 is 0 Å². The van der Waals surface area contributed by atoms with Crippen molar-refractivity contribution in [1.82, 2.24) is 0 Å². The van der Waals surface area contributed by atoms with E-state index in [0.717, 1.165) is 42.4 Å². The Morgan fingerprint density at radius 2 is 1.29 bits per heavy atom. The van der Waals surface area contributed by atoms with Gasteiger partial charge in [0.2, 0.25) is 0 Å². The molecular formula is C42H40N2O5. The summed E-state index contributed by atoms with van der Waals surface area (Å²) in [5.74, 6) is 0.0593. The Bertz CT molecular complexity index is 1750. The van der Waals surface area contributed by atoms with Crippen LogP contribution in [-0.4, -0.2) is 29.9 Å². The molecule has 0 spiro atoms. The lowest BCUT2D eigenvalue weighted by atomic mass is 9.79. The highest BCUT2D eigenvalue weighted by molar-refractivity contribution is 5.79. The number of hydrogen-bond acceptors (Lipinski definition) is 6. The fourth-order valence-electron chi connectivity index (χ4n) is 6.61. The molecule has 0 amide bonds. The Morgan fingerprint density at radius 1 is 0.776 bits per heavy atom. The van der Waals surface area contributed by atoms with Gasteiger partial charge in [-0.05, 0) is 91.3 Å². The number of carbonyl (C=O) groups is 1. The third-order valence-electron chi connectivity index (χ3n) is 8.93. The van der Waals surface area contributed by atoms with Gasteiger partial charge in [-0.2, -0.15) is 5.26 Å². The summed E-state index contributed by atoms with van der Waals surface area (Å²) in [5.41, 5.74) is 4.05. The van der Waals surface area contributed by atoms with Gasteiger partial charge in [-0.1, -0.05) is 91.0 Å². The molecule has 1 saturated carbocycles. The van der Waals surface area contributed by atoms with Crippen LogP contribution in [0.2, 0.25) is 0 Å². The minimum absolute atomic E-state index is 0.0150. The Morgan fingerprint density at radius 3 is 1.78 bits per heavy atom. The molecule has 1 fully saturated rings. The maximum atomic E-state index is 12.4. The molecule has 0 aliphatic heterocycles. The second kappa shape index (κ2) is 15.5. The van der Waals surface area contributed by atoms with Crippen molar-refractivity contribution < 1.29 is 24.1 Å². The molecule has 0 bridgehead atoms. The molecule has 1 aliphatic rings. The summed E-state index contributed by atoms with van der Waals surface area (Å²) in [6.45, 7) is 2.32. The molecule has 5 aromatic carbocycles. The summed E-state index contributed by atoms with van der Waals surface area (Å²) in [7, 11) is 0. The highest BCUT2D eigenvalue weighted by Gasteiger charge is 2.40. The van der Waals surface area contributed by atoms with Gasteiger partial charge in [0.1, 0.15) is 17.1 Å². The second-order valence-electron chi connectivity index (χ2n) is 12.2. The van der Waals surface area contributed by atoms with Crippen molar-refractivity contribution in [2.45, 2.75) is 56.5 Å². The Balaban J connectivity index is 1.21. The summed E-state index contributed by atoms with van der Waals surface area (Å²) in [5, 5.41) is 22.4. The molecule has 0 saturated heterocycles. The molecule has 1 unspecified atom stereocenters. The molecule has 0 aromatic heterocycles. The van der Waals surface area contributed by atoms with Crippen molar-refractivity contribution in [3.05, 3.63) is 161 Å². The van der Waals surface area contributed by atoms with Gasteiger partial charge >= 0.3 is 5.97 Å². The first-order chi connectivity index (χ1) is 24.0. The average molecular weight is 653 g/mol. The van der Waals surface area contributed by atoms with Crippen LogP contribution < -0.4 is 14.8 Å². The van der Waals surface area contributed by atoms with Crippen LogP contribution in [0.15, 0.2) is 133 Å². The van der Waals surface area contributed by atoms with Crippen LogP contribution in [0.1, 0.15) is 66.5 Å². The minimum Gasteiger partial charge on any atom is -0.494 e. The summed E-state index contributed by atoms with van der Waals surface area (Å²) in [4.78, 5) is 12.4. The number of benzene rings is 5. The summed E-state index contributed by atoms with van der Waals surface area (Å²) < 4.78 is 19.6. The van der Waals surface area contributed by atoms with Gasteiger partial charge in [-0.15, -0.1) is 0 Å². The number of aliphatic carboxylic acids is 1. The predicted octanol–water partition coefficient (Wildman–Crippen LogP) is 8.89. The summed E-state index contributed by atoms with van der Waals surface area (Å²) in [6, 6.07) is 44.3. The highest BCUT2D eigenvalue weighted by Crippen LogP contribution is 2.43. The van der Waals surface area contributed by atoms with Crippen molar-refractivity contribution in [3.63, 3.8) is 0 Å². The van der Waals surface area contributed by atoms with Crippen molar-refractivity contribution >= 4 is 11.7 Å². The number of anilines is 1. The van der Waals surface area contributed by atoms with Crippen LogP contribution in [-0.2, 0) is 15.1 Å². The smallest absolute Gasteiger partial charge is 0.330 e. The zero-order valence-corrected chi connectivity index (χ0v) is 27.5. The third-order valence-corrected chi connectivity index (χ3v) is 8.93. The summed E-state index contributed by atoms with van der Waals surface area (Å²) >= 11 is 0. The fraction of sp³-hybridized carbons (Fsp3) is 0.238. The Labute approximate surface area is 287 Å². The maximum Gasteiger partial charge on any atom is 0.330 e. The lowest BCUT2D eigenvalue weighted by Crippen LogP contribution is -2.39. The predicted molar refractivity (Wildman–Crippen MR) is 190 cm³/mol. The Kier molecular flexibility index (Phi) is 10.6. The van der Waals surface area contributed by atoms with Crippen LogP contribution in [0.5, 0.6) is 11.5 Å². The molecule has 2 N–H and O–H groups in total. The monoisotopic (exact) mass is 652 g/mol. The molecule has 49 heavy (non-hydrogen) atoms. The number of nitriles is 1. The largest absolute Gasteiger partial charge is 0.494 e. The van der Waals surface area contributed by atoms with Gasteiger partial charge in [0.15, 0.2) is 6.04 Å². The molecule has 1 aliphatic carbocycles. The summed E-state index contributed by atoms with van der Waals surface area (Å²) in [6.07, 6.45) is 3.07. The van der Waals surface area contributed by atoms with Crippen molar-refractivity contribution in [2.24, 2.45) is 0 Å². The number of carboxylic acid groups (broad SMARTS) is 1. The second-order valence-corrected chi connectivity index (χ2v) is 12.2. The van der Waals surface area contributed by atoms with Gasteiger partial charge in [-0.3, -0.25) is 0 Å². The van der Waals surface area contributed by atoms with Crippen molar-refractivity contribution in [2.75, 3.05) is 11.9 Å². The van der Waals surface area contributed by atoms with E-state index in [1.807, 2.05) is 31.2 Å². The number of nitrogens with zero attached hydrogens (tertiary/aromatic N) is 1. The van der Waals surface area contributed by atoms with Gasteiger partial charge in [0, 0.05) is 11.8 Å². The molecule has 0 heterocycles. The van der Waals surface area contributed by atoms with E-state index in [0.29, 0.717) is 34.9 Å². The molecule has 0 radical (unpaired) electrons. The van der Waals surface area contributed by atoms with E-state index in [-0.39, 0.29) is 12.2 Å². The number of nitrogens with one attached hydrogen (secondary N) is 1. The SMILES string of the molecule is CCOc1cc(OC2CCC(OC(c3ccccc3)(c3ccccc3)c3ccccc3)CC2)cc(C(Nc2ccc(C#N)cc2)C(=O)O)c1. The number of ether oxygens (including phenoxy) is 3. The molecule has 7 nitrogen and oxygen atoms in total. The van der Waals surface area contributed by atoms with E-state index in [4.69, 9.17) is 19.5 Å². The standard InChI is InChI=1S/C42H40N2O5/c1-2-47-38-26-31(40(41(45)46)44-35-20-18-30(29-43)19-21-35)27-39(28-38)48-36-22-24-37(25-23-36)49-42(32-12-6-3-7-13-32,33-14-8-4-9-15-33)34-16-10-5-11-17-34/h3-21,26-28,36-37,40,44H,2,22-25H2,1H3,(H,45,46). The number of carboxylic acids is 1. The molecule has 5 aromatic rings. The minimum atomic E-state index is -1.05. The van der Waals surface area contributed by atoms with Gasteiger partial charge in [0.25, 0.3) is 0 Å².